The van der Waals surface area contributed by atoms with E-state index < -0.39 is 307 Å². The van der Waals surface area contributed by atoms with Crippen molar-refractivity contribution in [3.8, 4) is 77.9 Å². The molecule has 0 heteroatoms. The fourth-order valence-electron chi connectivity index (χ4n) is 11.0. The van der Waals surface area contributed by atoms with Crippen molar-refractivity contribution in [2.45, 2.75) is 0 Å². The van der Waals surface area contributed by atoms with E-state index in [4.69, 9.17) is 41.1 Å². The number of benzene rings is 17. The zero-order valence-electron chi connectivity index (χ0n) is 84.2. The van der Waals surface area contributed by atoms with Gasteiger partial charge in [0.1, 0.15) is 0 Å². The van der Waals surface area contributed by atoms with E-state index in [1.54, 1.807) is 97.1 Å². The molecular weight excluding hydrogens is 1030 g/mol. The molecule has 0 aliphatic heterocycles. The Bertz CT molecular complexity index is 7780. The summed E-state index contributed by atoms with van der Waals surface area (Å²) in [5.41, 5.74) is -3.09. The summed E-state index contributed by atoms with van der Waals surface area (Å²) in [6.45, 7) is 0. The molecule has 0 heterocycles. The van der Waals surface area contributed by atoms with Gasteiger partial charge in [-0.25, -0.2) is 0 Å². The first-order valence-corrected chi connectivity index (χ1v) is 26.6. The zero-order valence-corrected chi connectivity index (χ0v) is 44.2. The van der Waals surface area contributed by atoms with Crippen molar-refractivity contribution in [2.24, 2.45) is 0 Å². The smallest absolute Gasteiger partial charge is 0.0622 e. The van der Waals surface area contributed by atoms with Crippen LogP contribution in [0.5, 0.6) is 0 Å². The molecule has 0 atom stereocenters. The normalized spacial score (nSPS) is 18.0. The quantitative estimate of drug-likeness (QED) is 0.140. The van der Waals surface area contributed by atoms with Gasteiger partial charge in [-0.3, -0.25) is 0 Å². The average molecular weight is 1130 g/mol. The van der Waals surface area contributed by atoms with Gasteiger partial charge in [-0.15, -0.1) is 0 Å². The van der Waals surface area contributed by atoms with Gasteiger partial charge in [0.15, 0.2) is 0 Å². The minimum atomic E-state index is -0.806. The van der Waals surface area contributed by atoms with Gasteiger partial charge in [0.25, 0.3) is 0 Å². The van der Waals surface area contributed by atoms with Crippen molar-refractivity contribution in [1.29, 1.82) is 0 Å². The van der Waals surface area contributed by atoms with Gasteiger partial charge in [-0.2, -0.15) is 0 Å². The molecule has 0 aliphatic rings. The predicted molar refractivity (Wildman–Crippen MR) is 371 cm³/mol. The van der Waals surface area contributed by atoms with Crippen molar-refractivity contribution >= 4 is 86.2 Å². The van der Waals surface area contributed by atoms with Crippen LogP contribution < -0.4 is 0 Å². The van der Waals surface area contributed by atoms with Crippen LogP contribution in [-0.4, -0.2) is 0 Å². The van der Waals surface area contributed by atoms with Crippen molar-refractivity contribution < 1.29 is 54.8 Å². The second-order valence-electron chi connectivity index (χ2n) is 19.4. The van der Waals surface area contributed by atoms with Gasteiger partial charge in [-0.1, -0.05) is 315 Å². The van der Waals surface area contributed by atoms with Crippen molar-refractivity contribution in [3.63, 3.8) is 0 Å². The molecule has 0 saturated carbocycles. The van der Waals surface area contributed by atoms with Crippen LogP contribution in [0.2, 0.25) is 0 Å². The molecule has 0 radical (unpaired) electrons. The fraction of sp³-hybridized carbons (Fsp3) is 0. The molecule has 0 N–H and O–H groups in total. The summed E-state index contributed by atoms with van der Waals surface area (Å²) in [6.07, 6.45) is 0. The lowest BCUT2D eigenvalue weighted by atomic mass is 9.82. The Morgan fingerprint density at radius 2 is 0.488 bits per heavy atom. The van der Waals surface area contributed by atoms with E-state index in [0.717, 1.165) is 0 Å². The molecule has 0 nitrogen and oxygen atoms in total. The number of hydrogen-bond acceptors (Lipinski definition) is 0. The molecule has 17 rings (SSSR count). The summed E-state index contributed by atoms with van der Waals surface area (Å²) in [4.78, 5) is 0. The first-order chi connectivity index (χ1) is 59.4. The van der Waals surface area contributed by atoms with Crippen LogP contribution in [0, 0.1) is 0 Å². The Labute approximate surface area is 557 Å². The molecule has 17 aromatic rings. The third-order valence-corrected chi connectivity index (χ3v) is 14.7. The lowest BCUT2D eigenvalue weighted by molar-refractivity contribution is 1.61. The van der Waals surface area contributed by atoms with E-state index in [-0.39, 0.29) is 71.3 Å². The van der Waals surface area contributed by atoms with Crippen molar-refractivity contribution in [3.05, 3.63) is 339 Å². The van der Waals surface area contributed by atoms with Crippen LogP contribution in [-0.2, 0) is 0 Å². The van der Waals surface area contributed by atoms with Gasteiger partial charge >= 0.3 is 0 Å². The summed E-state index contributed by atoms with van der Waals surface area (Å²) >= 11 is 0. The Kier molecular flexibility index (Phi) is 6.06. The Hall–Kier alpha value is -11.2. The highest BCUT2D eigenvalue weighted by molar-refractivity contribution is 6.25. The maximum Gasteiger partial charge on any atom is 0.0636 e. The third-order valence-electron chi connectivity index (χ3n) is 14.7. The van der Waals surface area contributed by atoms with E-state index >= 15 is 0 Å². The molecule has 0 fully saturated rings. The van der Waals surface area contributed by atoms with Crippen LogP contribution in [0.3, 0.4) is 0 Å². The molecule has 0 amide bonds. The number of fused-ring (bicyclic) bond motifs is 8. The monoisotopic (exact) mass is 1130 g/mol. The second kappa shape index (κ2) is 21.5. The highest BCUT2D eigenvalue weighted by atomic mass is 14.2. The Morgan fingerprint density at radius 3 is 1.01 bits per heavy atom. The largest absolute Gasteiger partial charge is 0.0636 e. The molecule has 400 valence electrons. The molecule has 0 aromatic heterocycles. The van der Waals surface area contributed by atoms with E-state index in [9.17, 15) is 13.7 Å². The SMILES string of the molecule is [2H]c1c([2H])c([2H])c(-c2c([2H])c([2H])c([2H])c([2H])c2-c2c3ccccc3c(-c3c([2H])c([2H])c([2H])c4c(-c5c([2H])c([2H])c6c([2H])c([2H])c([2H])c([2H])c6c5[2H])c([2H])c([2H])c([2H])c34)c3ccccc23)c([2H])c1[2H].[2H]c1c([2H])c([2H])c(-c2c3ccccc3c(-c3c([2H])c([2H])c4c([2H])c([2H])c(-c5c([2H])c([2H])c6c([2H])c([2H])c([2H])c([2H])c6c5[2H])c([2H])c4c3[2H])c3ccccc23)c([2H])c1[2H]. The highest BCUT2D eigenvalue weighted by Gasteiger charge is 2.21. The average Bonchev–Trinajstić information content (AvgIpc) is 0.702. The molecule has 0 saturated heterocycles. The van der Waals surface area contributed by atoms with Gasteiger partial charge in [-0.05, 0) is 188 Å². The maximum absolute atomic E-state index is 9.66. The highest BCUT2D eigenvalue weighted by Crippen LogP contribution is 2.49. The van der Waals surface area contributed by atoms with Crippen LogP contribution in [0.4, 0.5) is 0 Å². The fourth-order valence-corrected chi connectivity index (χ4v) is 11.0. The van der Waals surface area contributed by atoms with Gasteiger partial charge < -0.3 is 0 Å². The minimum absolute atomic E-state index is 0.0758. The molecule has 86 heavy (non-hydrogen) atoms. The summed E-state index contributed by atoms with van der Waals surface area (Å²) < 4.78 is 354. The lowest BCUT2D eigenvalue weighted by Gasteiger charge is -2.20. The van der Waals surface area contributed by atoms with E-state index in [0.29, 0.717) is 27.1 Å². The van der Waals surface area contributed by atoms with Crippen LogP contribution in [0.15, 0.2) is 339 Å². The van der Waals surface area contributed by atoms with Gasteiger partial charge in [0, 0.05) is 0 Å². The summed E-state index contributed by atoms with van der Waals surface area (Å²) in [6, 6.07) is -1.22. The Morgan fingerprint density at radius 1 is 0.163 bits per heavy atom. The minimum Gasteiger partial charge on any atom is -0.0622 e. The maximum atomic E-state index is 9.66. The van der Waals surface area contributed by atoms with E-state index in [1.807, 2.05) is 0 Å². The van der Waals surface area contributed by atoms with Crippen LogP contribution in [0.1, 0.15) is 54.8 Å². The number of rotatable bonds is 7. The summed E-state index contributed by atoms with van der Waals surface area (Å²) in [5.74, 6) is 0. The third kappa shape index (κ3) is 8.87. The second-order valence-corrected chi connectivity index (χ2v) is 19.4. The molecule has 0 unspecified atom stereocenters. The predicted octanol–water partition coefficient (Wildman–Crippen LogP) is 24.3. The molecule has 0 bridgehead atoms. The van der Waals surface area contributed by atoms with Gasteiger partial charge in [0.05, 0.1) is 54.8 Å². The van der Waals surface area contributed by atoms with Crippen LogP contribution in [0.25, 0.3) is 164 Å². The van der Waals surface area contributed by atoms with E-state index in [2.05, 4.69) is 0 Å². The van der Waals surface area contributed by atoms with Gasteiger partial charge in [0.2, 0.25) is 0 Å². The standard InChI is InChI=1S/C46H30.C40H26/c1-2-15-32(16-3-1)35-18-6-7-19-39(35)45-41-20-8-10-22-43(41)46(44-23-11-9-21-42(44)45)40-27-13-25-37-36(24-12-26-38(37)40)34-29-28-31-14-4-5-17-33(31)30-34;1-2-11-29(12-3-1)39-35-14-6-8-16-37(35)40(38-17-9-7-15-36(38)39)33-23-20-28-19-22-32(25-34(28)26-33)31-21-18-27-10-4-5-13-30(27)24-31/h1-30H;1-26H/i1D,2D,3D,4D,5D,6D,7D,12D,13D,14D,15D,16D,17D,18D,19D,24D,25D,26D,27D,28D,29D,30D;1D,2D,3D,4D,5D,10D,11D,12D,13D,18D,19D,20D,21D,22D,23D,24D,25D,26D. The topological polar surface area (TPSA) is 0 Å². The zero-order chi connectivity index (χ0) is 91.7. The first-order valence-electron chi connectivity index (χ1n) is 46.6. The van der Waals surface area contributed by atoms with E-state index in [1.165, 1.54) is 0 Å². The molecule has 0 spiro atoms. The van der Waals surface area contributed by atoms with Crippen molar-refractivity contribution in [2.75, 3.05) is 0 Å². The summed E-state index contributed by atoms with van der Waals surface area (Å²) in [7, 11) is 0. The molecule has 17 aromatic carbocycles. The number of hydrogen-bond donors (Lipinski definition) is 0. The van der Waals surface area contributed by atoms with Crippen LogP contribution >= 0.6 is 0 Å². The molecular formula is C86H56. The summed E-state index contributed by atoms with van der Waals surface area (Å²) in [5, 5.41) is -0.973. The first kappa shape index (κ1) is 24.2. The van der Waals surface area contributed by atoms with Crippen molar-refractivity contribution in [1.82, 2.24) is 0 Å². The Balaban J connectivity index is 0.000000188. The molecule has 0 aliphatic carbocycles. The lowest BCUT2D eigenvalue weighted by Crippen LogP contribution is -1.93.